The van der Waals surface area contributed by atoms with Crippen LogP contribution < -0.4 is 5.43 Å². The lowest BCUT2D eigenvalue weighted by molar-refractivity contribution is 0.0954. The Kier molecular flexibility index (Phi) is 4.86. The fourth-order valence-electron chi connectivity index (χ4n) is 1.39. The van der Waals surface area contributed by atoms with Gasteiger partial charge in [-0.15, -0.1) is 0 Å². The van der Waals surface area contributed by atoms with E-state index in [1.807, 2.05) is 0 Å². The van der Waals surface area contributed by atoms with E-state index in [-0.39, 0.29) is 11.7 Å². The number of carbonyl (C=O) groups excluding carboxylic acids is 1. The minimum absolute atomic E-state index is 0.0708. The van der Waals surface area contributed by atoms with Gasteiger partial charge in [0.25, 0.3) is 5.91 Å². The first-order valence-electron chi connectivity index (χ1n) is 5.49. The van der Waals surface area contributed by atoms with Gasteiger partial charge in [-0.2, -0.15) is 5.10 Å². The van der Waals surface area contributed by atoms with Crippen LogP contribution in [0.3, 0.4) is 0 Å². The molecular weight excluding hydrogens is 390 g/mol. The molecule has 0 aliphatic rings. The Hall–Kier alpha value is -1.73. The standard InChI is InChI=1S/C13H9Br2N3O2/c14-10-2-1-8(12(19)4-10)6-17-18-13(20)9-3-11(15)7-16-5-9/h1-7,19H,(H,18,20)/b17-6-. The fourth-order valence-corrected chi connectivity index (χ4v) is 2.10. The van der Waals surface area contributed by atoms with Crippen molar-refractivity contribution >= 4 is 44.0 Å². The monoisotopic (exact) mass is 397 g/mol. The molecule has 0 bridgehead atoms. The first-order chi connectivity index (χ1) is 9.56. The molecule has 0 saturated carbocycles. The van der Waals surface area contributed by atoms with E-state index in [9.17, 15) is 9.90 Å². The minimum atomic E-state index is -0.383. The van der Waals surface area contributed by atoms with Crippen molar-refractivity contribution in [1.82, 2.24) is 10.4 Å². The smallest absolute Gasteiger partial charge is 0.272 e. The number of phenolic OH excluding ortho intramolecular Hbond substituents is 1. The maximum atomic E-state index is 11.8. The molecule has 2 N–H and O–H groups in total. The first-order valence-corrected chi connectivity index (χ1v) is 7.07. The lowest BCUT2D eigenvalue weighted by atomic mass is 10.2. The summed E-state index contributed by atoms with van der Waals surface area (Å²) in [5, 5.41) is 13.5. The molecule has 0 aliphatic carbocycles. The summed E-state index contributed by atoms with van der Waals surface area (Å²) >= 11 is 6.47. The highest BCUT2D eigenvalue weighted by molar-refractivity contribution is 9.10. The number of nitrogens with zero attached hydrogens (tertiary/aromatic N) is 2. The molecule has 0 spiro atoms. The summed E-state index contributed by atoms with van der Waals surface area (Å²) in [7, 11) is 0. The number of pyridine rings is 1. The van der Waals surface area contributed by atoms with Crippen molar-refractivity contribution in [3.63, 3.8) is 0 Å². The van der Waals surface area contributed by atoms with Crippen molar-refractivity contribution in [2.45, 2.75) is 0 Å². The van der Waals surface area contributed by atoms with Crippen LogP contribution in [0, 0.1) is 0 Å². The lowest BCUT2D eigenvalue weighted by Crippen LogP contribution is -2.17. The molecule has 1 aromatic carbocycles. The van der Waals surface area contributed by atoms with Gasteiger partial charge in [0.15, 0.2) is 0 Å². The number of rotatable bonds is 3. The van der Waals surface area contributed by atoms with E-state index in [1.54, 1.807) is 30.5 Å². The third kappa shape index (κ3) is 3.88. The van der Waals surface area contributed by atoms with Gasteiger partial charge < -0.3 is 5.11 Å². The molecule has 20 heavy (non-hydrogen) atoms. The van der Waals surface area contributed by atoms with E-state index in [0.717, 1.165) is 4.47 Å². The van der Waals surface area contributed by atoms with Crippen molar-refractivity contribution in [2.24, 2.45) is 5.10 Å². The number of phenols is 1. The largest absolute Gasteiger partial charge is 0.507 e. The van der Waals surface area contributed by atoms with Crippen molar-refractivity contribution in [3.8, 4) is 5.75 Å². The predicted octanol–water partition coefficient (Wildman–Crippen LogP) is 3.08. The molecule has 0 unspecified atom stereocenters. The maximum absolute atomic E-state index is 11.8. The molecule has 2 aromatic rings. The highest BCUT2D eigenvalue weighted by Crippen LogP contribution is 2.20. The fraction of sp³-hybridized carbons (Fsp3) is 0. The Morgan fingerprint density at radius 3 is 2.75 bits per heavy atom. The van der Waals surface area contributed by atoms with Gasteiger partial charge in [-0.3, -0.25) is 9.78 Å². The summed E-state index contributed by atoms with van der Waals surface area (Å²) in [6.07, 6.45) is 4.39. The molecule has 0 radical (unpaired) electrons. The van der Waals surface area contributed by atoms with Crippen LogP contribution in [-0.4, -0.2) is 22.2 Å². The number of hydrogen-bond donors (Lipinski definition) is 2. The predicted molar refractivity (Wildman–Crippen MR) is 82.8 cm³/mol. The van der Waals surface area contributed by atoms with Gasteiger partial charge >= 0.3 is 0 Å². The Bertz CT molecular complexity index is 674. The van der Waals surface area contributed by atoms with Crippen LogP contribution in [0.1, 0.15) is 15.9 Å². The van der Waals surface area contributed by atoms with E-state index in [0.29, 0.717) is 15.6 Å². The Morgan fingerprint density at radius 1 is 1.25 bits per heavy atom. The van der Waals surface area contributed by atoms with Crippen molar-refractivity contribution in [2.75, 3.05) is 0 Å². The van der Waals surface area contributed by atoms with Gasteiger partial charge in [-0.25, -0.2) is 5.43 Å². The van der Waals surface area contributed by atoms with Crippen LogP contribution in [-0.2, 0) is 0 Å². The van der Waals surface area contributed by atoms with Crippen LogP contribution in [0.5, 0.6) is 5.75 Å². The molecule has 102 valence electrons. The summed E-state index contributed by atoms with van der Waals surface area (Å²) in [6, 6.07) is 6.62. The molecule has 7 heteroatoms. The molecule has 5 nitrogen and oxygen atoms in total. The molecule has 1 aromatic heterocycles. The normalized spacial score (nSPS) is 10.7. The average Bonchev–Trinajstić information content (AvgIpc) is 2.41. The number of amides is 1. The van der Waals surface area contributed by atoms with Crippen molar-refractivity contribution in [1.29, 1.82) is 0 Å². The molecule has 0 fully saturated rings. The summed E-state index contributed by atoms with van der Waals surface area (Å²) in [5.74, 6) is -0.312. The lowest BCUT2D eigenvalue weighted by Gasteiger charge is -2.01. The van der Waals surface area contributed by atoms with E-state index in [1.165, 1.54) is 12.4 Å². The van der Waals surface area contributed by atoms with Crippen molar-refractivity contribution in [3.05, 3.63) is 56.7 Å². The van der Waals surface area contributed by atoms with Gasteiger partial charge in [0.1, 0.15) is 5.75 Å². The van der Waals surface area contributed by atoms with Gasteiger partial charge in [-0.1, -0.05) is 15.9 Å². The average molecular weight is 399 g/mol. The molecule has 0 aliphatic heterocycles. The second-order valence-corrected chi connectivity index (χ2v) is 5.63. The zero-order chi connectivity index (χ0) is 14.5. The van der Waals surface area contributed by atoms with Gasteiger partial charge in [0, 0.05) is 26.9 Å². The van der Waals surface area contributed by atoms with Gasteiger partial charge in [-0.05, 0) is 40.2 Å². The number of hydrogen-bond acceptors (Lipinski definition) is 4. The zero-order valence-corrected chi connectivity index (χ0v) is 13.2. The summed E-state index contributed by atoms with van der Waals surface area (Å²) in [6.45, 7) is 0. The molecule has 1 heterocycles. The summed E-state index contributed by atoms with van der Waals surface area (Å²) in [5.41, 5.74) is 3.25. The number of aromatic hydroxyl groups is 1. The van der Waals surface area contributed by atoms with Crippen LogP contribution in [0.4, 0.5) is 0 Å². The number of hydrazone groups is 1. The van der Waals surface area contributed by atoms with Crippen LogP contribution in [0.2, 0.25) is 0 Å². The zero-order valence-electron chi connectivity index (χ0n) is 10.0. The second kappa shape index (κ2) is 6.62. The number of aromatic nitrogens is 1. The maximum Gasteiger partial charge on any atom is 0.272 e. The number of benzene rings is 1. The van der Waals surface area contributed by atoms with Crippen LogP contribution in [0.15, 0.2) is 50.7 Å². The summed E-state index contributed by atoms with van der Waals surface area (Å²) in [4.78, 5) is 15.7. The SMILES string of the molecule is O=C(N/N=C\c1ccc(Br)cc1O)c1cncc(Br)c1. The minimum Gasteiger partial charge on any atom is -0.507 e. The number of nitrogens with one attached hydrogen (secondary N) is 1. The first kappa shape index (κ1) is 14.7. The number of carbonyl (C=O) groups is 1. The van der Waals surface area contributed by atoms with Crippen LogP contribution >= 0.6 is 31.9 Å². The third-order valence-electron chi connectivity index (χ3n) is 2.33. The van der Waals surface area contributed by atoms with E-state index in [2.05, 4.69) is 47.4 Å². The Morgan fingerprint density at radius 2 is 2.05 bits per heavy atom. The Labute approximate surface area is 132 Å². The molecule has 2 rings (SSSR count). The topological polar surface area (TPSA) is 74.6 Å². The van der Waals surface area contributed by atoms with Gasteiger partial charge in [0.05, 0.1) is 11.8 Å². The second-order valence-electron chi connectivity index (χ2n) is 3.79. The van der Waals surface area contributed by atoms with E-state index < -0.39 is 0 Å². The van der Waals surface area contributed by atoms with E-state index in [4.69, 9.17) is 0 Å². The Balaban J connectivity index is 2.04. The summed E-state index contributed by atoms with van der Waals surface area (Å²) < 4.78 is 1.47. The molecule has 0 saturated heterocycles. The quantitative estimate of drug-likeness (QED) is 0.616. The molecule has 1 amide bonds. The van der Waals surface area contributed by atoms with E-state index >= 15 is 0 Å². The van der Waals surface area contributed by atoms with Crippen LogP contribution in [0.25, 0.3) is 0 Å². The van der Waals surface area contributed by atoms with Gasteiger partial charge in [0.2, 0.25) is 0 Å². The molecular formula is C13H9Br2N3O2. The highest BCUT2D eigenvalue weighted by atomic mass is 79.9. The number of halogens is 2. The highest BCUT2D eigenvalue weighted by Gasteiger charge is 2.05. The molecule has 0 atom stereocenters. The van der Waals surface area contributed by atoms with Crippen molar-refractivity contribution < 1.29 is 9.90 Å². The third-order valence-corrected chi connectivity index (χ3v) is 3.26.